The summed E-state index contributed by atoms with van der Waals surface area (Å²) in [7, 11) is 0. The third kappa shape index (κ3) is 6.55. The number of carbonyl (C=O) groups excluding carboxylic acids is 3. The molecule has 2 aromatic rings. The maximum atomic E-state index is 12.3. The first kappa shape index (κ1) is 28.5. The monoisotopic (exact) mass is 559 g/mol. The molecule has 0 bridgehead atoms. The first-order chi connectivity index (χ1) is 18.2. The van der Waals surface area contributed by atoms with Crippen molar-refractivity contribution >= 4 is 46.9 Å². The quantitative estimate of drug-likeness (QED) is 0.443. The summed E-state index contributed by atoms with van der Waals surface area (Å²) < 4.78 is 0. The molecule has 1 saturated carbocycles. The van der Waals surface area contributed by atoms with Crippen molar-refractivity contribution in [2.24, 2.45) is 17.8 Å². The molecule has 1 aliphatic carbocycles. The second-order valence-electron chi connectivity index (χ2n) is 10.9. The molecule has 8 nitrogen and oxygen atoms in total. The van der Waals surface area contributed by atoms with Gasteiger partial charge in [-0.25, -0.2) is 4.98 Å². The van der Waals surface area contributed by atoms with Crippen molar-refractivity contribution in [3.63, 3.8) is 0 Å². The van der Waals surface area contributed by atoms with Crippen LogP contribution in [0.1, 0.15) is 68.4 Å². The molecule has 38 heavy (non-hydrogen) atoms. The molecule has 3 fully saturated rings. The van der Waals surface area contributed by atoms with Crippen LogP contribution in [0.25, 0.3) is 0 Å². The van der Waals surface area contributed by atoms with Gasteiger partial charge < -0.3 is 15.1 Å². The van der Waals surface area contributed by atoms with Crippen molar-refractivity contribution in [2.45, 2.75) is 58.5 Å². The molecule has 0 radical (unpaired) electrons. The van der Waals surface area contributed by atoms with E-state index in [2.05, 4.69) is 27.0 Å². The number of rotatable bonds is 7. The lowest BCUT2D eigenvalue weighted by Gasteiger charge is -2.50. The molecule has 2 saturated heterocycles. The average Bonchev–Trinajstić information content (AvgIpc) is 2.82. The summed E-state index contributed by atoms with van der Waals surface area (Å²) in [5.41, 5.74) is 1.39. The van der Waals surface area contributed by atoms with Crippen molar-refractivity contribution < 1.29 is 14.4 Å². The highest BCUT2D eigenvalue weighted by atomic mass is 35.5. The van der Waals surface area contributed by atoms with Gasteiger partial charge in [-0.3, -0.25) is 4.79 Å². The molecular weight excluding hydrogens is 525 g/mol. The summed E-state index contributed by atoms with van der Waals surface area (Å²) in [6.07, 6.45) is 7.28. The zero-order valence-corrected chi connectivity index (χ0v) is 23.6. The van der Waals surface area contributed by atoms with Gasteiger partial charge >= 0.3 is 6.15 Å². The van der Waals surface area contributed by atoms with E-state index < -0.39 is 0 Å². The minimum Gasteiger partial charge on any atom is -0.363 e. The Labute approximate surface area is 234 Å². The van der Waals surface area contributed by atoms with Gasteiger partial charge in [-0.1, -0.05) is 36.2 Å². The van der Waals surface area contributed by atoms with Crippen molar-refractivity contribution in [1.29, 1.82) is 0 Å². The van der Waals surface area contributed by atoms with Crippen LogP contribution in [-0.2, 0) is 9.59 Å². The lowest BCUT2D eigenvalue weighted by Crippen LogP contribution is -2.56. The van der Waals surface area contributed by atoms with Gasteiger partial charge in [0.1, 0.15) is 5.82 Å². The van der Waals surface area contributed by atoms with Gasteiger partial charge in [0.05, 0.1) is 11.6 Å². The first-order valence-electron chi connectivity index (χ1n) is 13.3. The number of benzene rings is 1. The Morgan fingerprint density at radius 1 is 1.16 bits per heavy atom. The molecular formula is C28H35Cl2N5O3. The molecule has 1 aromatic carbocycles. The molecule has 3 heterocycles. The SMILES string of the molecule is CC(=O)c1cnc(N2CC([C@H]3CCCN(C4CC(C)C4)C3)C2)nc1N[C@H](C)c1ccc(Cl)cc1Cl.O=C=O. The van der Waals surface area contributed by atoms with Crippen molar-refractivity contribution in [3.05, 3.63) is 45.6 Å². The van der Waals surface area contributed by atoms with Crippen LogP contribution >= 0.6 is 23.2 Å². The molecule has 0 spiro atoms. The van der Waals surface area contributed by atoms with Gasteiger partial charge in [-0.2, -0.15) is 14.6 Å². The number of ketones is 1. The molecule has 2 atom stereocenters. The summed E-state index contributed by atoms with van der Waals surface area (Å²) in [5, 5.41) is 4.56. The third-order valence-electron chi connectivity index (χ3n) is 8.15. The third-order valence-corrected chi connectivity index (χ3v) is 8.71. The highest BCUT2D eigenvalue weighted by molar-refractivity contribution is 6.35. The molecule has 0 unspecified atom stereocenters. The first-order valence-corrected chi connectivity index (χ1v) is 14.0. The van der Waals surface area contributed by atoms with Gasteiger partial charge in [0.2, 0.25) is 5.95 Å². The van der Waals surface area contributed by atoms with E-state index in [-0.39, 0.29) is 18.0 Å². The van der Waals surface area contributed by atoms with E-state index in [1.54, 1.807) is 19.2 Å². The lowest BCUT2D eigenvalue weighted by atomic mass is 9.76. The number of anilines is 2. The number of carbonyl (C=O) groups is 1. The zero-order chi connectivity index (χ0) is 27.4. The van der Waals surface area contributed by atoms with Crippen molar-refractivity contribution in [3.8, 4) is 0 Å². The smallest absolute Gasteiger partial charge is 0.363 e. The molecule has 0 amide bonds. The topological polar surface area (TPSA) is 95.5 Å². The Morgan fingerprint density at radius 2 is 1.87 bits per heavy atom. The van der Waals surface area contributed by atoms with E-state index in [9.17, 15) is 4.79 Å². The van der Waals surface area contributed by atoms with Gasteiger partial charge in [-0.05, 0) is 81.5 Å². The van der Waals surface area contributed by atoms with Crippen LogP contribution in [0.2, 0.25) is 10.0 Å². The van der Waals surface area contributed by atoms with Crippen LogP contribution in [0.15, 0.2) is 24.4 Å². The number of likely N-dealkylation sites (tertiary alicyclic amines) is 1. The Morgan fingerprint density at radius 3 is 2.50 bits per heavy atom. The molecule has 10 heteroatoms. The number of aromatic nitrogens is 2. The molecule has 2 aliphatic heterocycles. The molecule has 3 aliphatic rings. The minimum absolute atomic E-state index is 0.0671. The van der Waals surface area contributed by atoms with E-state index in [1.807, 2.05) is 19.1 Å². The maximum absolute atomic E-state index is 12.3. The normalized spacial score (nSPS) is 24.2. The largest absolute Gasteiger partial charge is 0.373 e. The van der Waals surface area contributed by atoms with Crippen LogP contribution in [0.4, 0.5) is 11.8 Å². The van der Waals surface area contributed by atoms with E-state index in [0.29, 0.717) is 33.3 Å². The van der Waals surface area contributed by atoms with Gasteiger partial charge in [0.25, 0.3) is 0 Å². The van der Waals surface area contributed by atoms with E-state index in [1.165, 1.54) is 38.8 Å². The number of halogens is 2. The summed E-state index contributed by atoms with van der Waals surface area (Å²) in [5.74, 6) is 3.51. The summed E-state index contributed by atoms with van der Waals surface area (Å²) in [6.45, 7) is 10.4. The summed E-state index contributed by atoms with van der Waals surface area (Å²) in [6, 6.07) is 6.11. The van der Waals surface area contributed by atoms with Crippen LogP contribution in [0.5, 0.6) is 0 Å². The van der Waals surface area contributed by atoms with E-state index in [0.717, 1.165) is 36.5 Å². The van der Waals surface area contributed by atoms with Crippen molar-refractivity contribution in [2.75, 3.05) is 36.4 Å². The van der Waals surface area contributed by atoms with Crippen LogP contribution < -0.4 is 10.2 Å². The average molecular weight is 561 g/mol. The Hall–Kier alpha value is -2.51. The Balaban J connectivity index is 0.00000107. The lowest BCUT2D eigenvalue weighted by molar-refractivity contribution is -0.191. The second kappa shape index (κ2) is 12.6. The van der Waals surface area contributed by atoms with Crippen LogP contribution in [0, 0.1) is 17.8 Å². The molecule has 5 rings (SSSR count). The number of piperidine rings is 1. The number of hydrogen-bond acceptors (Lipinski definition) is 8. The van der Waals surface area contributed by atoms with Gasteiger partial charge in [0.15, 0.2) is 5.78 Å². The molecule has 204 valence electrons. The highest BCUT2D eigenvalue weighted by Gasteiger charge is 2.40. The predicted molar refractivity (Wildman–Crippen MR) is 148 cm³/mol. The number of nitrogens with zero attached hydrogens (tertiary/aromatic N) is 4. The fourth-order valence-electron chi connectivity index (χ4n) is 5.92. The number of hydrogen-bond donors (Lipinski definition) is 1. The fraction of sp³-hybridized carbons (Fsp3) is 0.571. The number of nitrogens with one attached hydrogen (secondary N) is 1. The highest BCUT2D eigenvalue weighted by Crippen LogP contribution is 2.38. The van der Waals surface area contributed by atoms with Crippen LogP contribution in [-0.4, -0.2) is 59.0 Å². The predicted octanol–water partition coefficient (Wildman–Crippen LogP) is 5.52. The van der Waals surface area contributed by atoms with Gasteiger partial charge in [0, 0.05) is 41.9 Å². The summed E-state index contributed by atoms with van der Waals surface area (Å²) >= 11 is 12.5. The zero-order valence-electron chi connectivity index (χ0n) is 22.1. The maximum Gasteiger partial charge on any atom is 0.373 e. The molecule has 1 aromatic heterocycles. The second-order valence-corrected chi connectivity index (χ2v) is 11.7. The minimum atomic E-state index is -0.146. The van der Waals surface area contributed by atoms with Crippen LogP contribution in [0.3, 0.4) is 0 Å². The fourth-order valence-corrected chi connectivity index (χ4v) is 6.49. The van der Waals surface area contributed by atoms with Gasteiger partial charge in [-0.15, -0.1) is 0 Å². The molecule has 1 N–H and O–H groups in total. The van der Waals surface area contributed by atoms with E-state index >= 15 is 0 Å². The summed E-state index contributed by atoms with van der Waals surface area (Å²) in [4.78, 5) is 42.8. The van der Waals surface area contributed by atoms with Crippen molar-refractivity contribution in [1.82, 2.24) is 14.9 Å². The van der Waals surface area contributed by atoms with E-state index in [4.69, 9.17) is 37.8 Å². The Bertz CT molecular complexity index is 1180. The standard InChI is InChI=1S/C27H35Cl2N5O.CO2/c1-16-9-22(10-16)33-8-4-5-19(13-33)20-14-34(15-20)27-30-12-24(18(3)35)26(32-27)31-17(2)23-7-6-21(28)11-25(23)29;2-1-3/h6-7,11-12,16-17,19-20,22H,4-5,8-10,13-15H2,1-3H3,(H,30,31,32);/t16?,17-,19+,22?;/m1./s1. The number of Topliss-reactive ketones (excluding diaryl/α,β-unsaturated/α-hetero) is 1. The Kier molecular flexibility index (Phi) is 9.42.